The monoisotopic (exact) mass is 262 g/mol. The van der Waals surface area contributed by atoms with Crippen LogP contribution in [0.1, 0.15) is 37.8 Å². The summed E-state index contributed by atoms with van der Waals surface area (Å²) in [4.78, 5) is 20.2. The molecule has 0 unspecified atom stereocenters. The van der Waals surface area contributed by atoms with Crippen LogP contribution in [0.3, 0.4) is 0 Å². The van der Waals surface area contributed by atoms with Crippen molar-refractivity contribution in [3.8, 4) is 0 Å². The molecular weight excluding hydrogens is 240 g/mol. The molecule has 0 radical (unpaired) electrons. The quantitative estimate of drug-likeness (QED) is 0.822. The van der Waals surface area contributed by atoms with Gasteiger partial charge in [0.15, 0.2) is 0 Å². The molecular formula is C15H22N2O2. The molecule has 19 heavy (non-hydrogen) atoms. The fourth-order valence-corrected chi connectivity index (χ4v) is 2.04. The average molecular weight is 262 g/mol. The molecule has 2 amide bonds. The van der Waals surface area contributed by atoms with Gasteiger partial charge < -0.3 is 5.32 Å². The van der Waals surface area contributed by atoms with E-state index in [0.29, 0.717) is 12.8 Å². The number of aryl methyl sites for hydroxylation is 1. The van der Waals surface area contributed by atoms with E-state index in [1.807, 2.05) is 0 Å². The molecule has 1 saturated heterocycles. The number of hydrogen-bond donors (Lipinski definition) is 2. The molecule has 0 saturated carbocycles. The van der Waals surface area contributed by atoms with Gasteiger partial charge in [0.1, 0.15) is 0 Å². The highest BCUT2D eigenvalue weighted by molar-refractivity contribution is 6.01. The van der Waals surface area contributed by atoms with Crippen LogP contribution in [0.4, 0.5) is 5.69 Å². The predicted octanol–water partition coefficient (Wildman–Crippen LogP) is 2.41. The Morgan fingerprint density at radius 2 is 1.79 bits per heavy atom. The minimum Gasteiger partial charge on any atom is -0.385 e. The summed E-state index contributed by atoms with van der Waals surface area (Å²) in [5, 5.41) is 5.51. The number of benzene rings is 1. The summed E-state index contributed by atoms with van der Waals surface area (Å²) in [5.41, 5.74) is 4.12. The van der Waals surface area contributed by atoms with E-state index < -0.39 is 0 Å². The van der Waals surface area contributed by atoms with Crippen LogP contribution < -0.4 is 10.6 Å². The van der Waals surface area contributed by atoms with Gasteiger partial charge in [0, 0.05) is 25.1 Å². The topological polar surface area (TPSA) is 58.2 Å². The minimum atomic E-state index is -0.148. The smallest absolute Gasteiger partial charge is 0.227 e. The third kappa shape index (κ3) is 4.73. The van der Waals surface area contributed by atoms with Crippen molar-refractivity contribution in [1.82, 2.24) is 5.32 Å². The first-order valence-corrected chi connectivity index (χ1v) is 6.73. The zero-order valence-corrected chi connectivity index (χ0v) is 11.9. The Balaban J connectivity index is 0.000000218. The maximum atomic E-state index is 10.1. The lowest BCUT2D eigenvalue weighted by atomic mass is 10.0. The van der Waals surface area contributed by atoms with E-state index in [-0.39, 0.29) is 11.8 Å². The fraction of sp³-hybridized carbons (Fsp3) is 0.467. The van der Waals surface area contributed by atoms with Crippen LogP contribution in [0.5, 0.6) is 0 Å². The van der Waals surface area contributed by atoms with E-state index in [2.05, 4.69) is 49.6 Å². The molecule has 4 nitrogen and oxygen atoms in total. The van der Waals surface area contributed by atoms with Crippen molar-refractivity contribution in [3.63, 3.8) is 0 Å². The Morgan fingerprint density at radius 3 is 2.21 bits per heavy atom. The molecule has 104 valence electrons. The Bertz CT molecular complexity index is 441. The van der Waals surface area contributed by atoms with Gasteiger partial charge in [0.2, 0.25) is 11.8 Å². The molecule has 1 aromatic carbocycles. The lowest BCUT2D eigenvalue weighted by Gasteiger charge is -2.11. The third-order valence-electron chi connectivity index (χ3n) is 2.99. The van der Waals surface area contributed by atoms with Crippen LogP contribution >= 0.6 is 0 Å². The first kappa shape index (κ1) is 15.2. The maximum absolute atomic E-state index is 10.1. The number of carbonyl (C=O) groups excluding carboxylic acids is 2. The highest BCUT2D eigenvalue weighted by Crippen LogP contribution is 2.19. The number of nitrogens with one attached hydrogen (secondary N) is 2. The molecule has 2 N–H and O–H groups in total. The van der Waals surface area contributed by atoms with Crippen LogP contribution in [0.15, 0.2) is 18.2 Å². The van der Waals surface area contributed by atoms with E-state index in [4.69, 9.17) is 0 Å². The number of anilines is 1. The van der Waals surface area contributed by atoms with Gasteiger partial charge in [-0.15, -0.1) is 0 Å². The van der Waals surface area contributed by atoms with E-state index >= 15 is 0 Å². The van der Waals surface area contributed by atoms with Crippen molar-refractivity contribution in [2.75, 3.05) is 11.9 Å². The summed E-state index contributed by atoms with van der Waals surface area (Å²) in [6.45, 7) is 7.49. The first-order chi connectivity index (χ1) is 9.08. The molecule has 2 rings (SSSR count). The Morgan fingerprint density at radius 1 is 1.16 bits per heavy atom. The Labute approximate surface area is 114 Å². The summed E-state index contributed by atoms with van der Waals surface area (Å²) in [6.07, 6.45) is 1.85. The number of hydrogen-bond acceptors (Lipinski definition) is 3. The van der Waals surface area contributed by atoms with Crippen molar-refractivity contribution in [1.29, 1.82) is 0 Å². The molecule has 0 spiro atoms. The number of rotatable bonds is 3. The second kappa shape index (κ2) is 7.56. The molecule has 0 aliphatic carbocycles. The summed E-state index contributed by atoms with van der Waals surface area (Å²) < 4.78 is 0. The van der Waals surface area contributed by atoms with E-state index in [1.165, 1.54) is 16.8 Å². The predicted molar refractivity (Wildman–Crippen MR) is 77.1 cm³/mol. The summed E-state index contributed by atoms with van der Waals surface area (Å²) >= 11 is 0. The van der Waals surface area contributed by atoms with Crippen molar-refractivity contribution < 1.29 is 9.59 Å². The van der Waals surface area contributed by atoms with Gasteiger partial charge in [-0.3, -0.25) is 14.9 Å². The van der Waals surface area contributed by atoms with Gasteiger partial charge in [-0.25, -0.2) is 0 Å². The highest BCUT2D eigenvalue weighted by atomic mass is 16.2. The van der Waals surface area contributed by atoms with Crippen LogP contribution in [-0.4, -0.2) is 18.4 Å². The first-order valence-electron chi connectivity index (χ1n) is 6.73. The van der Waals surface area contributed by atoms with Crippen LogP contribution in [-0.2, 0) is 16.0 Å². The highest BCUT2D eigenvalue weighted by Gasteiger charge is 2.15. The van der Waals surface area contributed by atoms with E-state index in [1.54, 1.807) is 0 Å². The van der Waals surface area contributed by atoms with Crippen molar-refractivity contribution in [2.45, 2.75) is 40.0 Å². The largest absolute Gasteiger partial charge is 0.385 e. The number of carbonyl (C=O) groups is 2. The fourth-order valence-electron chi connectivity index (χ4n) is 2.04. The molecule has 1 heterocycles. The standard InChI is InChI=1S/C11H17N.C4H5NO2/c1-4-10-9(3)7-6-8-11(10)12-5-2;6-3-1-2-4(7)5-3/h6-8,12H,4-5H2,1-3H3;1-2H2,(H,5,6,7). The van der Waals surface area contributed by atoms with Crippen molar-refractivity contribution >= 4 is 17.5 Å². The van der Waals surface area contributed by atoms with Gasteiger partial charge >= 0.3 is 0 Å². The molecule has 0 atom stereocenters. The second-order valence-corrected chi connectivity index (χ2v) is 4.46. The maximum Gasteiger partial charge on any atom is 0.227 e. The van der Waals surface area contributed by atoms with Crippen LogP contribution in [0.25, 0.3) is 0 Å². The molecule has 1 aliphatic rings. The summed E-state index contributed by atoms with van der Waals surface area (Å²) in [6, 6.07) is 6.42. The SMILES string of the molecule is CCNc1cccc(C)c1CC.O=C1CCC(=O)N1. The van der Waals surface area contributed by atoms with E-state index in [9.17, 15) is 9.59 Å². The lowest BCUT2D eigenvalue weighted by Crippen LogP contribution is -2.18. The van der Waals surface area contributed by atoms with Gasteiger partial charge in [-0.2, -0.15) is 0 Å². The van der Waals surface area contributed by atoms with Gasteiger partial charge in [-0.1, -0.05) is 19.1 Å². The van der Waals surface area contributed by atoms with Crippen LogP contribution in [0.2, 0.25) is 0 Å². The normalized spacial score (nSPS) is 13.6. The summed E-state index contributed by atoms with van der Waals surface area (Å²) in [5.74, 6) is -0.296. The lowest BCUT2D eigenvalue weighted by molar-refractivity contribution is -0.124. The zero-order chi connectivity index (χ0) is 14.3. The summed E-state index contributed by atoms with van der Waals surface area (Å²) in [7, 11) is 0. The van der Waals surface area contributed by atoms with E-state index in [0.717, 1.165) is 13.0 Å². The van der Waals surface area contributed by atoms with Gasteiger partial charge in [0.05, 0.1) is 0 Å². The Kier molecular flexibility index (Phi) is 6.06. The molecule has 1 fully saturated rings. The minimum absolute atomic E-state index is 0.148. The average Bonchev–Trinajstić information content (AvgIpc) is 2.75. The van der Waals surface area contributed by atoms with Crippen molar-refractivity contribution in [2.24, 2.45) is 0 Å². The molecule has 1 aromatic rings. The van der Waals surface area contributed by atoms with Gasteiger partial charge in [0.25, 0.3) is 0 Å². The molecule has 4 heteroatoms. The molecule has 0 aromatic heterocycles. The zero-order valence-electron chi connectivity index (χ0n) is 11.9. The second-order valence-electron chi connectivity index (χ2n) is 4.46. The number of imide groups is 1. The van der Waals surface area contributed by atoms with Crippen LogP contribution in [0, 0.1) is 6.92 Å². The number of amides is 2. The van der Waals surface area contributed by atoms with Gasteiger partial charge in [-0.05, 0) is 37.5 Å². The molecule has 1 aliphatic heterocycles. The Hall–Kier alpha value is -1.84. The van der Waals surface area contributed by atoms with Crippen molar-refractivity contribution in [3.05, 3.63) is 29.3 Å². The molecule has 0 bridgehead atoms. The third-order valence-corrected chi connectivity index (χ3v) is 2.99.